The quantitative estimate of drug-likeness (QED) is 0.633. The van der Waals surface area contributed by atoms with Gasteiger partial charge < -0.3 is 10.1 Å². The van der Waals surface area contributed by atoms with Crippen molar-refractivity contribution >= 4 is 23.2 Å². The summed E-state index contributed by atoms with van der Waals surface area (Å²) >= 11 is 5.70. The fourth-order valence-electron chi connectivity index (χ4n) is 2.04. The van der Waals surface area contributed by atoms with E-state index < -0.39 is 35.1 Å². The van der Waals surface area contributed by atoms with Gasteiger partial charge >= 0.3 is 12.4 Å². The van der Waals surface area contributed by atoms with Gasteiger partial charge in [0, 0.05) is 10.7 Å². The summed E-state index contributed by atoms with van der Waals surface area (Å²) in [5.41, 5.74) is -3.62. The molecule has 0 aromatic heterocycles. The van der Waals surface area contributed by atoms with Crippen LogP contribution in [-0.4, -0.2) is 12.5 Å². The van der Waals surface area contributed by atoms with E-state index in [1.807, 2.05) is 5.32 Å². The highest BCUT2D eigenvalue weighted by molar-refractivity contribution is 6.30. The summed E-state index contributed by atoms with van der Waals surface area (Å²) in [4.78, 5) is 11.8. The van der Waals surface area contributed by atoms with Crippen LogP contribution in [0, 0.1) is 0 Å². The van der Waals surface area contributed by atoms with E-state index in [0.717, 1.165) is 0 Å². The number of carbonyl (C=O) groups is 1. The monoisotopic (exact) mass is 411 g/mol. The van der Waals surface area contributed by atoms with E-state index in [0.29, 0.717) is 22.9 Å². The number of ether oxygens (including phenoxy) is 1. The molecule has 0 atom stereocenters. The van der Waals surface area contributed by atoms with Crippen molar-refractivity contribution < 1.29 is 35.9 Å². The van der Waals surface area contributed by atoms with Gasteiger partial charge in [0.15, 0.2) is 0 Å². The van der Waals surface area contributed by atoms with Crippen molar-refractivity contribution in [2.45, 2.75) is 18.8 Å². The van der Waals surface area contributed by atoms with Crippen LogP contribution in [-0.2, 0) is 17.1 Å². The van der Waals surface area contributed by atoms with Gasteiger partial charge in [0.1, 0.15) is 5.75 Å². The molecule has 1 N–H and O–H groups in total. The number of hydrogen-bond donors (Lipinski definition) is 1. The highest BCUT2D eigenvalue weighted by atomic mass is 35.5. The summed E-state index contributed by atoms with van der Waals surface area (Å²) < 4.78 is 81.9. The normalized spacial score (nSPS) is 12.0. The van der Waals surface area contributed by atoms with Gasteiger partial charge in [-0.05, 0) is 42.5 Å². The lowest BCUT2D eigenvalue weighted by atomic mass is 10.1. The Balaban J connectivity index is 2.04. The van der Waals surface area contributed by atoms with Gasteiger partial charge in [0.05, 0.1) is 24.2 Å². The Hall–Kier alpha value is -2.42. The van der Waals surface area contributed by atoms with Crippen LogP contribution in [0.5, 0.6) is 5.75 Å². The average Bonchev–Trinajstić information content (AvgIpc) is 2.55. The first-order valence-electron chi connectivity index (χ1n) is 7.43. The van der Waals surface area contributed by atoms with Crippen LogP contribution in [0.25, 0.3) is 0 Å². The van der Waals surface area contributed by atoms with E-state index in [9.17, 15) is 31.1 Å². The Morgan fingerprint density at radius 3 is 1.93 bits per heavy atom. The average molecular weight is 412 g/mol. The molecule has 27 heavy (non-hydrogen) atoms. The number of hydrogen-bond acceptors (Lipinski definition) is 2. The second-order valence-corrected chi connectivity index (χ2v) is 5.83. The third-order valence-corrected chi connectivity index (χ3v) is 3.53. The van der Waals surface area contributed by atoms with Crippen LogP contribution < -0.4 is 10.1 Å². The van der Waals surface area contributed by atoms with Crippen molar-refractivity contribution in [3.05, 3.63) is 58.6 Å². The van der Waals surface area contributed by atoms with Crippen molar-refractivity contribution in [2.24, 2.45) is 0 Å². The minimum atomic E-state index is -4.99. The lowest BCUT2D eigenvalue weighted by molar-refractivity contribution is -0.143. The number of carbonyl (C=O) groups excluding carboxylic acids is 1. The topological polar surface area (TPSA) is 38.3 Å². The van der Waals surface area contributed by atoms with E-state index in [1.165, 1.54) is 0 Å². The predicted octanol–water partition coefficient (Wildman–Crippen LogP) is 5.79. The molecule has 0 saturated heterocycles. The molecule has 0 spiro atoms. The maximum absolute atomic E-state index is 12.8. The van der Waals surface area contributed by atoms with Gasteiger partial charge in [-0.25, -0.2) is 0 Å². The number of nitrogens with one attached hydrogen (secondary N) is 1. The molecule has 2 aromatic carbocycles. The molecule has 0 saturated carbocycles. The first kappa shape index (κ1) is 20.9. The van der Waals surface area contributed by atoms with E-state index in [2.05, 4.69) is 0 Å². The molecule has 0 aliphatic rings. The highest BCUT2D eigenvalue weighted by Gasteiger charge is 2.37. The Bertz CT molecular complexity index is 770. The van der Waals surface area contributed by atoms with Gasteiger partial charge in [-0.15, -0.1) is 0 Å². The van der Waals surface area contributed by atoms with Gasteiger partial charge in [-0.2, -0.15) is 26.3 Å². The molecule has 3 nitrogen and oxygen atoms in total. The van der Waals surface area contributed by atoms with Crippen molar-refractivity contribution in [3.8, 4) is 5.75 Å². The maximum Gasteiger partial charge on any atom is 0.416 e. The first-order valence-corrected chi connectivity index (χ1v) is 7.80. The molecule has 1 amide bonds. The fraction of sp³-hybridized carbons (Fsp3) is 0.235. The van der Waals surface area contributed by atoms with Crippen molar-refractivity contribution in [2.75, 3.05) is 11.9 Å². The number of alkyl halides is 6. The van der Waals surface area contributed by atoms with Crippen molar-refractivity contribution in [3.63, 3.8) is 0 Å². The summed E-state index contributed by atoms with van der Waals surface area (Å²) in [6.45, 7) is -0.126. The molecular weight excluding hydrogens is 400 g/mol. The largest absolute Gasteiger partial charge is 0.493 e. The molecule has 0 bridgehead atoms. The Kier molecular flexibility index (Phi) is 6.25. The van der Waals surface area contributed by atoms with Crippen LogP contribution in [0.4, 0.5) is 32.0 Å². The van der Waals surface area contributed by atoms with Crippen molar-refractivity contribution in [1.82, 2.24) is 0 Å². The highest BCUT2D eigenvalue weighted by Crippen LogP contribution is 2.37. The molecule has 0 fully saturated rings. The van der Waals surface area contributed by atoms with E-state index in [-0.39, 0.29) is 19.1 Å². The lowest BCUT2D eigenvalue weighted by Gasteiger charge is -2.15. The molecule has 0 radical (unpaired) electrons. The van der Waals surface area contributed by atoms with Crippen molar-refractivity contribution in [1.29, 1.82) is 0 Å². The summed E-state index contributed by atoms with van der Waals surface area (Å²) in [7, 11) is 0. The third-order valence-electron chi connectivity index (χ3n) is 3.28. The fourth-order valence-corrected chi connectivity index (χ4v) is 2.17. The second-order valence-electron chi connectivity index (χ2n) is 5.40. The Morgan fingerprint density at radius 2 is 1.44 bits per heavy atom. The minimum Gasteiger partial charge on any atom is -0.493 e. The van der Waals surface area contributed by atoms with Gasteiger partial charge in [0.2, 0.25) is 5.91 Å². The predicted molar refractivity (Wildman–Crippen MR) is 86.6 cm³/mol. The molecular formula is C17H12ClF6NO2. The van der Waals surface area contributed by atoms with Crippen LogP contribution in [0.15, 0.2) is 42.5 Å². The molecule has 0 heterocycles. The Morgan fingerprint density at radius 1 is 0.926 bits per heavy atom. The third kappa shape index (κ3) is 6.35. The SMILES string of the molecule is O=C(CCOc1ccc(Cl)cc1)Nc1cc(C(F)(F)F)cc(C(F)(F)F)c1. The van der Waals surface area contributed by atoms with E-state index in [1.54, 1.807) is 24.3 Å². The number of rotatable bonds is 5. The van der Waals surface area contributed by atoms with Gasteiger partial charge in [0.25, 0.3) is 0 Å². The molecule has 0 aliphatic carbocycles. The summed E-state index contributed by atoms with van der Waals surface area (Å²) in [6, 6.07) is 7.06. The number of amides is 1. The molecule has 0 aliphatic heterocycles. The molecule has 2 rings (SSSR count). The first-order chi connectivity index (χ1) is 12.4. The standard InChI is InChI=1S/C17H12ClF6NO2/c18-12-1-3-14(4-2-12)27-6-5-15(26)25-13-8-10(16(19,20)21)7-11(9-13)17(22,23)24/h1-4,7-9H,5-6H2,(H,25,26). The van der Waals surface area contributed by atoms with Crippen LogP contribution in [0.2, 0.25) is 5.02 Å². The Labute approximate surface area is 154 Å². The number of anilines is 1. The summed E-state index contributed by atoms with van der Waals surface area (Å²) in [6.07, 6.45) is -10.3. The van der Waals surface area contributed by atoms with Gasteiger partial charge in [-0.1, -0.05) is 11.6 Å². The van der Waals surface area contributed by atoms with Crippen LogP contribution in [0.3, 0.4) is 0 Å². The smallest absolute Gasteiger partial charge is 0.416 e. The molecule has 10 heteroatoms. The number of benzene rings is 2. The second kappa shape index (κ2) is 8.08. The van der Waals surface area contributed by atoms with Crippen LogP contribution >= 0.6 is 11.6 Å². The molecule has 146 valence electrons. The molecule has 2 aromatic rings. The summed E-state index contributed by atoms with van der Waals surface area (Å²) in [5, 5.41) is 2.50. The lowest BCUT2D eigenvalue weighted by Crippen LogP contribution is -2.17. The molecule has 0 unspecified atom stereocenters. The number of halogens is 7. The zero-order valence-corrected chi connectivity index (χ0v) is 14.2. The van der Waals surface area contributed by atoms with E-state index >= 15 is 0 Å². The van der Waals surface area contributed by atoms with Crippen LogP contribution in [0.1, 0.15) is 17.5 Å². The summed E-state index contributed by atoms with van der Waals surface area (Å²) in [5.74, 6) is -0.387. The minimum absolute atomic E-state index is 0.0146. The van der Waals surface area contributed by atoms with E-state index in [4.69, 9.17) is 16.3 Å². The zero-order chi connectivity index (χ0) is 20.2. The zero-order valence-electron chi connectivity index (χ0n) is 13.4. The maximum atomic E-state index is 12.8. The van der Waals surface area contributed by atoms with Gasteiger partial charge in [-0.3, -0.25) is 4.79 Å².